The van der Waals surface area contributed by atoms with E-state index in [9.17, 15) is 9.50 Å². The van der Waals surface area contributed by atoms with Gasteiger partial charge in [-0.15, -0.1) is 0 Å². The smallest absolute Gasteiger partial charge is 0.126 e. The maximum atomic E-state index is 12.7. The van der Waals surface area contributed by atoms with Gasteiger partial charge in [0, 0.05) is 12.5 Å². The van der Waals surface area contributed by atoms with E-state index in [0.717, 1.165) is 0 Å². The highest BCUT2D eigenvalue weighted by Crippen LogP contribution is 2.14. The molecular weight excluding hydrogens is 183 g/mol. The summed E-state index contributed by atoms with van der Waals surface area (Å²) in [7, 11) is 0. The predicted octanol–water partition coefficient (Wildman–Crippen LogP) is 2.37. The third-order valence-corrected chi connectivity index (χ3v) is 1.78. The van der Waals surface area contributed by atoms with E-state index in [0.29, 0.717) is 18.8 Å². The molecule has 0 bridgehead atoms. The molecule has 2 nitrogen and oxygen atoms in total. The van der Waals surface area contributed by atoms with Crippen molar-refractivity contribution in [3.05, 3.63) is 30.1 Å². The molecule has 0 aliphatic carbocycles. The number of halogens is 1. The van der Waals surface area contributed by atoms with Gasteiger partial charge in [0.05, 0.1) is 12.2 Å². The van der Waals surface area contributed by atoms with Crippen LogP contribution < -0.4 is 4.74 Å². The minimum absolute atomic E-state index is 0.314. The molecule has 78 valence electrons. The van der Waals surface area contributed by atoms with Crippen molar-refractivity contribution < 1.29 is 14.2 Å². The first-order valence-corrected chi connectivity index (χ1v) is 4.58. The number of rotatable bonds is 4. The monoisotopic (exact) mass is 198 g/mol. The van der Waals surface area contributed by atoms with E-state index in [2.05, 4.69) is 0 Å². The SMILES string of the molecule is CC(C)(O)CCOc1cccc(F)c1. The Hall–Kier alpha value is -1.09. The zero-order chi connectivity index (χ0) is 10.6. The Bertz CT molecular complexity index is 292. The minimum Gasteiger partial charge on any atom is -0.493 e. The molecule has 3 heteroatoms. The largest absolute Gasteiger partial charge is 0.493 e. The van der Waals surface area contributed by atoms with E-state index in [1.165, 1.54) is 12.1 Å². The molecule has 0 amide bonds. The van der Waals surface area contributed by atoms with Crippen LogP contribution in [0.25, 0.3) is 0 Å². The molecule has 1 N–H and O–H groups in total. The van der Waals surface area contributed by atoms with Crippen LogP contribution in [0.1, 0.15) is 20.3 Å². The van der Waals surface area contributed by atoms with Crippen LogP contribution in [-0.4, -0.2) is 17.3 Å². The summed E-state index contributed by atoms with van der Waals surface area (Å²) in [5.74, 6) is 0.181. The van der Waals surface area contributed by atoms with Crippen molar-refractivity contribution in [1.82, 2.24) is 0 Å². The third-order valence-electron chi connectivity index (χ3n) is 1.78. The quantitative estimate of drug-likeness (QED) is 0.804. The lowest BCUT2D eigenvalue weighted by atomic mass is 10.1. The van der Waals surface area contributed by atoms with E-state index in [4.69, 9.17) is 4.74 Å². The van der Waals surface area contributed by atoms with Crippen LogP contribution in [0.3, 0.4) is 0 Å². The maximum Gasteiger partial charge on any atom is 0.126 e. The summed E-state index contributed by atoms with van der Waals surface area (Å²) < 4.78 is 18.0. The van der Waals surface area contributed by atoms with Gasteiger partial charge < -0.3 is 9.84 Å². The molecule has 0 saturated heterocycles. The Morgan fingerprint density at radius 3 is 2.71 bits per heavy atom. The Kier molecular flexibility index (Phi) is 3.47. The van der Waals surface area contributed by atoms with Gasteiger partial charge in [0.1, 0.15) is 11.6 Å². The molecule has 0 unspecified atom stereocenters. The fourth-order valence-corrected chi connectivity index (χ4v) is 0.975. The molecule has 14 heavy (non-hydrogen) atoms. The topological polar surface area (TPSA) is 29.5 Å². The van der Waals surface area contributed by atoms with Gasteiger partial charge in [0.25, 0.3) is 0 Å². The van der Waals surface area contributed by atoms with E-state index >= 15 is 0 Å². The van der Waals surface area contributed by atoms with Crippen LogP contribution in [0.4, 0.5) is 4.39 Å². The number of aliphatic hydroxyl groups is 1. The van der Waals surface area contributed by atoms with E-state index in [1.807, 2.05) is 0 Å². The molecule has 0 spiro atoms. The summed E-state index contributed by atoms with van der Waals surface area (Å²) in [6.07, 6.45) is 0.517. The summed E-state index contributed by atoms with van der Waals surface area (Å²) in [6, 6.07) is 5.97. The van der Waals surface area contributed by atoms with Crippen LogP contribution in [-0.2, 0) is 0 Å². The molecule has 0 heterocycles. The van der Waals surface area contributed by atoms with Crippen LogP contribution in [0.2, 0.25) is 0 Å². The van der Waals surface area contributed by atoms with Gasteiger partial charge in [-0.2, -0.15) is 0 Å². The second-order valence-corrected chi connectivity index (χ2v) is 3.87. The van der Waals surface area contributed by atoms with Gasteiger partial charge in [-0.3, -0.25) is 0 Å². The summed E-state index contributed by atoms with van der Waals surface area (Å²) >= 11 is 0. The van der Waals surface area contributed by atoms with Crippen molar-refractivity contribution in [3.63, 3.8) is 0 Å². The average molecular weight is 198 g/mol. The second-order valence-electron chi connectivity index (χ2n) is 3.87. The van der Waals surface area contributed by atoms with Crippen molar-refractivity contribution in [1.29, 1.82) is 0 Å². The highest BCUT2D eigenvalue weighted by molar-refractivity contribution is 5.22. The van der Waals surface area contributed by atoms with Crippen LogP contribution in [0.15, 0.2) is 24.3 Å². The van der Waals surface area contributed by atoms with Crippen molar-refractivity contribution in [2.24, 2.45) is 0 Å². The zero-order valence-electron chi connectivity index (χ0n) is 8.46. The van der Waals surface area contributed by atoms with Crippen LogP contribution >= 0.6 is 0 Å². The van der Waals surface area contributed by atoms with Crippen molar-refractivity contribution >= 4 is 0 Å². The Morgan fingerprint density at radius 2 is 2.14 bits per heavy atom. The van der Waals surface area contributed by atoms with E-state index in [-0.39, 0.29) is 5.82 Å². The van der Waals surface area contributed by atoms with E-state index in [1.54, 1.807) is 26.0 Å². The van der Waals surface area contributed by atoms with E-state index < -0.39 is 5.60 Å². The number of hydrogen-bond donors (Lipinski definition) is 1. The molecule has 0 atom stereocenters. The molecule has 0 aliphatic heterocycles. The third kappa shape index (κ3) is 4.23. The predicted molar refractivity (Wildman–Crippen MR) is 52.8 cm³/mol. The molecule has 0 aromatic heterocycles. The summed E-state index contributed by atoms with van der Waals surface area (Å²) in [5, 5.41) is 9.40. The molecular formula is C11H15FO2. The van der Waals surface area contributed by atoms with Crippen LogP contribution in [0, 0.1) is 5.82 Å². The van der Waals surface area contributed by atoms with Gasteiger partial charge in [-0.25, -0.2) is 4.39 Å². The Morgan fingerprint density at radius 1 is 1.43 bits per heavy atom. The zero-order valence-corrected chi connectivity index (χ0v) is 8.46. The first-order chi connectivity index (χ1) is 6.47. The van der Waals surface area contributed by atoms with Gasteiger partial charge in [0.2, 0.25) is 0 Å². The first kappa shape index (κ1) is 11.0. The molecule has 1 rings (SSSR count). The first-order valence-electron chi connectivity index (χ1n) is 4.58. The fraction of sp³-hybridized carbons (Fsp3) is 0.455. The van der Waals surface area contributed by atoms with Gasteiger partial charge in [-0.1, -0.05) is 6.07 Å². The lowest BCUT2D eigenvalue weighted by Gasteiger charge is -2.16. The standard InChI is InChI=1S/C11H15FO2/c1-11(2,13)6-7-14-10-5-3-4-9(12)8-10/h3-5,8,13H,6-7H2,1-2H3. The number of benzene rings is 1. The Balaban J connectivity index is 2.39. The average Bonchev–Trinajstić information content (AvgIpc) is 2.01. The van der Waals surface area contributed by atoms with Crippen molar-refractivity contribution in [3.8, 4) is 5.75 Å². The van der Waals surface area contributed by atoms with Gasteiger partial charge in [0.15, 0.2) is 0 Å². The number of ether oxygens (including phenoxy) is 1. The fourth-order valence-electron chi connectivity index (χ4n) is 0.975. The second kappa shape index (κ2) is 4.42. The lowest BCUT2D eigenvalue weighted by Crippen LogP contribution is -2.21. The summed E-state index contributed by atoms with van der Waals surface area (Å²) in [5.41, 5.74) is -0.743. The van der Waals surface area contributed by atoms with Crippen LogP contribution in [0.5, 0.6) is 5.75 Å². The van der Waals surface area contributed by atoms with Crippen molar-refractivity contribution in [2.75, 3.05) is 6.61 Å². The molecule has 0 aliphatic rings. The number of hydrogen-bond acceptors (Lipinski definition) is 2. The molecule has 1 aromatic carbocycles. The molecule has 0 radical (unpaired) electrons. The summed E-state index contributed by atoms with van der Waals surface area (Å²) in [6.45, 7) is 3.80. The van der Waals surface area contributed by atoms with Crippen molar-refractivity contribution in [2.45, 2.75) is 25.9 Å². The van der Waals surface area contributed by atoms with Gasteiger partial charge >= 0.3 is 0 Å². The molecule has 0 saturated carbocycles. The summed E-state index contributed by atoms with van der Waals surface area (Å²) in [4.78, 5) is 0. The normalized spacial score (nSPS) is 11.4. The highest BCUT2D eigenvalue weighted by Gasteiger charge is 2.11. The Labute approximate surface area is 83.3 Å². The minimum atomic E-state index is -0.743. The lowest BCUT2D eigenvalue weighted by molar-refractivity contribution is 0.0553. The molecule has 1 aromatic rings. The maximum absolute atomic E-state index is 12.7. The molecule has 0 fully saturated rings. The van der Waals surface area contributed by atoms with Gasteiger partial charge in [-0.05, 0) is 26.0 Å². The highest BCUT2D eigenvalue weighted by atomic mass is 19.1.